The Labute approximate surface area is 181 Å². The lowest BCUT2D eigenvalue weighted by molar-refractivity contribution is 0.0519. The Hall–Kier alpha value is -3.28. The van der Waals surface area contributed by atoms with Crippen LogP contribution in [0.2, 0.25) is 0 Å². The molecule has 0 amide bonds. The molecule has 164 valence electrons. The van der Waals surface area contributed by atoms with E-state index in [0.717, 1.165) is 42.3 Å². The van der Waals surface area contributed by atoms with Crippen molar-refractivity contribution in [2.75, 3.05) is 38.6 Å². The van der Waals surface area contributed by atoms with E-state index >= 15 is 0 Å². The van der Waals surface area contributed by atoms with E-state index in [1.807, 2.05) is 0 Å². The van der Waals surface area contributed by atoms with Crippen molar-refractivity contribution < 1.29 is 24.2 Å². The number of anilines is 1. The molecule has 0 aliphatic carbocycles. The number of ether oxygens (including phenoxy) is 2. The lowest BCUT2D eigenvalue weighted by Gasteiger charge is -2.10. The van der Waals surface area contributed by atoms with Crippen LogP contribution in [0.15, 0.2) is 34.4 Å². The molecule has 0 radical (unpaired) electrons. The van der Waals surface area contributed by atoms with E-state index in [2.05, 4.69) is 10.4 Å². The zero-order chi connectivity index (χ0) is 22.4. The smallest absolute Gasteiger partial charge is 0.359 e. The van der Waals surface area contributed by atoms with Gasteiger partial charge in [-0.1, -0.05) is 0 Å². The molecule has 0 unspecified atom stereocenters. The second kappa shape index (κ2) is 10.2. The van der Waals surface area contributed by atoms with Gasteiger partial charge in [-0.15, -0.1) is 11.3 Å². The Kier molecular flexibility index (Phi) is 7.34. The normalized spacial score (nSPS) is 13.3. The second-order valence-electron chi connectivity index (χ2n) is 6.39. The number of nitrogens with two attached hydrogens (primary N) is 1. The van der Waals surface area contributed by atoms with Crippen LogP contribution in [0, 0.1) is 0 Å². The van der Waals surface area contributed by atoms with E-state index in [-0.39, 0.29) is 28.3 Å². The molecule has 31 heavy (non-hydrogen) atoms. The van der Waals surface area contributed by atoms with E-state index in [1.165, 1.54) is 24.3 Å². The van der Waals surface area contributed by atoms with Gasteiger partial charge >= 0.3 is 11.9 Å². The second-order valence-corrected chi connectivity index (χ2v) is 7.30. The fourth-order valence-corrected chi connectivity index (χ4v) is 3.65. The number of fused-ring (bicyclic) bond motifs is 1. The lowest BCUT2D eigenvalue weighted by atomic mass is 10.2. The fraction of sp³-hybridized carbons (Fsp3) is 0.300. The predicted octanol–water partition coefficient (Wildman–Crippen LogP) is 1.51. The molecule has 0 bridgehead atoms. The number of carbonyl (C=O) groups is 2. The number of hydrogen-bond donors (Lipinski definition) is 3. The highest BCUT2D eigenvalue weighted by Crippen LogP contribution is 2.27. The first-order valence-electron chi connectivity index (χ1n) is 9.53. The summed E-state index contributed by atoms with van der Waals surface area (Å²) in [7, 11) is 0. The average Bonchev–Trinajstić information content (AvgIpc) is 3.18. The number of carboxylic acids is 1. The molecule has 2 aromatic heterocycles. The van der Waals surface area contributed by atoms with Crippen molar-refractivity contribution in [3.63, 3.8) is 0 Å². The van der Waals surface area contributed by atoms with Gasteiger partial charge < -0.3 is 25.6 Å². The van der Waals surface area contributed by atoms with Crippen molar-refractivity contribution in [3.8, 4) is 5.69 Å². The van der Waals surface area contributed by atoms with Crippen LogP contribution in [0.3, 0.4) is 0 Å². The molecule has 4 rings (SSSR count). The van der Waals surface area contributed by atoms with E-state index in [0.29, 0.717) is 11.1 Å². The van der Waals surface area contributed by atoms with E-state index in [1.54, 1.807) is 12.3 Å². The monoisotopic (exact) mass is 446 g/mol. The number of thiophene rings is 1. The van der Waals surface area contributed by atoms with Crippen LogP contribution < -0.4 is 16.6 Å². The van der Waals surface area contributed by atoms with E-state index in [4.69, 9.17) is 20.3 Å². The Bertz CT molecular complexity index is 1120. The van der Waals surface area contributed by atoms with Crippen molar-refractivity contribution >= 4 is 39.0 Å². The summed E-state index contributed by atoms with van der Waals surface area (Å²) in [5.74, 6) is -1.75. The van der Waals surface area contributed by atoms with Crippen LogP contribution in [0.5, 0.6) is 0 Å². The molecule has 1 aliphatic rings. The summed E-state index contributed by atoms with van der Waals surface area (Å²) in [4.78, 5) is 35.9. The largest absolute Gasteiger partial charge is 0.478 e. The van der Waals surface area contributed by atoms with Crippen molar-refractivity contribution in [1.82, 2.24) is 15.1 Å². The number of carboxylic acid groups (broad SMARTS) is 1. The first-order valence-corrected chi connectivity index (χ1v) is 10.4. The van der Waals surface area contributed by atoms with Gasteiger partial charge in [-0.3, -0.25) is 4.79 Å². The van der Waals surface area contributed by atoms with Crippen LogP contribution in [0.4, 0.5) is 5.00 Å². The van der Waals surface area contributed by atoms with E-state index in [9.17, 15) is 14.4 Å². The number of rotatable bonds is 4. The van der Waals surface area contributed by atoms with Crippen molar-refractivity contribution in [2.24, 2.45) is 0 Å². The SMILES string of the molecule is C1COCCN1.CCOC(=O)c1nn(-c2ccc(C(=O)O)cc2)c(=O)c2c(N)scc12. The quantitative estimate of drug-likeness (QED) is 0.508. The van der Waals surface area contributed by atoms with Crippen LogP contribution in [0.1, 0.15) is 27.8 Å². The highest BCUT2D eigenvalue weighted by Gasteiger charge is 2.21. The minimum Gasteiger partial charge on any atom is -0.478 e. The number of morpholine rings is 1. The molecule has 1 aromatic carbocycles. The van der Waals surface area contributed by atoms with Gasteiger partial charge in [-0.25, -0.2) is 9.59 Å². The molecular weight excluding hydrogens is 424 g/mol. The molecule has 0 saturated carbocycles. The third kappa shape index (κ3) is 5.08. The van der Waals surface area contributed by atoms with Gasteiger partial charge in [-0.2, -0.15) is 9.78 Å². The van der Waals surface area contributed by atoms with Gasteiger partial charge in [0.05, 0.1) is 41.5 Å². The Morgan fingerprint density at radius 1 is 1.29 bits per heavy atom. The molecule has 1 saturated heterocycles. The number of benzene rings is 1. The van der Waals surface area contributed by atoms with Gasteiger partial charge in [0.1, 0.15) is 0 Å². The zero-order valence-electron chi connectivity index (χ0n) is 16.8. The minimum atomic E-state index is -1.09. The fourth-order valence-electron chi connectivity index (χ4n) is 2.86. The number of aromatic nitrogens is 2. The zero-order valence-corrected chi connectivity index (χ0v) is 17.6. The van der Waals surface area contributed by atoms with Crippen LogP contribution in [0.25, 0.3) is 16.5 Å². The highest BCUT2D eigenvalue weighted by molar-refractivity contribution is 7.15. The topological polar surface area (TPSA) is 146 Å². The number of esters is 1. The Morgan fingerprint density at radius 3 is 2.48 bits per heavy atom. The number of nitrogens with zero attached hydrogens (tertiary/aromatic N) is 2. The molecule has 0 spiro atoms. The standard InChI is InChI=1S/C16H13N3O5S.C4H9NO/c1-2-24-16(23)12-10-7-25-13(17)11(10)14(20)19(18-12)9-5-3-8(4-6-9)15(21)22;1-3-6-4-2-5-1/h3-7H,2,17H2,1H3,(H,21,22);5H,1-4H2. The Balaban J connectivity index is 0.000000391. The van der Waals surface area contributed by atoms with Gasteiger partial charge in [0.15, 0.2) is 5.69 Å². The number of aromatic carboxylic acids is 1. The summed E-state index contributed by atoms with van der Waals surface area (Å²) in [6, 6.07) is 5.55. The highest BCUT2D eigenvalue weighted by atomic mass is 32.1. The molecule has 10 nitrogen and oxygen atoms in total. The summed E-state index contributed by atoms with van der Waals surface area (Å²) in [6.45, 7) is 5.66. The average molecular weight is 446 g/mol. The van der Waals surface area contributed by atoms with Crippen LogP contribution in [-0.2, 0) is 9.47 Å². The molecule has 1 fully saturated rings. The van der Waals surface area contributed by atoms with Gasteiger partial charge in [-0.05, 0) is 31.2 Å². The first kappa shape index (κ1) is 22.4. The third-order valence-corrected chi connectivity index (χ3v) is 5.17. The molecule has 11 heteroatoms. The number of nitrogen functional groups attached to an aromatic ring is 1. The Morgan fingerprint density at radius 2 is 1.97 bits per heavy atom. The van der Waals surface area contributed by atoms with Gasteiger partial charge in [0, 0.05) is 23.9 Å². The number of carbonyl (C=O) groups excluding carboxylic acids is 1. The maximum absolute atomic E-state index is 12.7. The third-order valence-electron chi connectivity index (χ3n) is 4.35. The summed E-state index contributed by atoms with van der Waals surface area (Å²) < 4.78 is 11.0. The van der Waals surface area contributed by atoms with Gasteiger partial charge in [0.25, 0.3) is 5.56 Å². The van der Waals surface area contributed by atoms with Crippen LogP contribution in [-0.4, -0.2) is 59.7 Å². The van der Waals surface area contributed by atoms with E-state index < -0.39 is 17.5 Å². The number of nitrogens with one attached hydrogen (secondary N) is 1. The lowest BCUT2D eigenvalue weighted by Crippen LogP contribution is -2.30. The van der Waals surface area contributed by atoms with Crippen molar-refractivity contribution in [1.29, 1.82) is 0 Å². The van der Waals surface area contributed by atoms with Crippen molar-refractivity contribution in [3.05, 3.63) is 51.3 Å². The summed E-state index contributed by atoms with van der Waals surface area (Å²) in [5, 5.41) is 18.6. The van der Waals surface area contributed by atoms with Crippen molar-refractivity contribution in [2.45, 2.75) is 6.92 Å². The predicted molar refractivity (Wildman–Crippen MR) is 116 cm³/mol. The van der Waals surface area contributed by atoms with Gasteiger partial charge in [0.2, 0.25) is 0 Å². The maximum atomic E-state index is 12.7. The summed E-state index contributed by atoms with van der Waals surface area (Å²) in [5.41, 5.74) is 5.74. The molecule has 3 aromatic rings. The molecule has 4 N–H and O–H groups in total. The molecular formula is C20H22N4O6S. The van der Waals surface area contributed by atoms with Crippen LogP contribution >= 0.6 is 11.3 Å². The molecule has 3 heterocycles. The summed E-state index contributed by atoms with van der Waals surface area (Å²) in [6.07, 6.45) is 0. The minimum absolute atomic E-state index is 0.0216. The maximum Gasteiger partial charge on any atom is 0.359 e. The first-order chi connectivity index (χ1) is 14.9. The number of hydrogen-bond acceptors (Lipinski definition) is 9. The summed E-state index contributed by atoms with van der Waals surface area (Å²) >= 11 is 1.13. The molecule has 1 aliphatic heterocycles. The molecule has 0 atom stereocenters.